The minimum Gasteiger partial charge on any atom is -0.491 e. The number of piperidine rings is 1. The van der Waals surface area contributed by atoms with E-state index in [1.165, 1.54) is 17.3 Å². The maximum absolute atomic E-state index is 12.6. The number of ketones is 2. The van der Waals surface area contributed by atoms with Gasteiger partial charge in [0.15, 0.2) is 0 Å². The van der Waals surface area contributed by atoms with Gasteiger partial charge in [-0.1, -0.05) is 57.2 Å². The highest BCUT2D eigenvalue weighted by molar-refractivity contribution is 8.04. The van der Waals surface area contributed by atoms with Crippen LogP contribution in [0.25, 0.3) is 5.76 Å². The van der Waals surface area contributed by atoms with Crippen LogP contribution in [-0.4, -0.2) is 65.3 Å². The number of benzene rings is 2. The van der Waals surface area contributed by atoms with Crippen LogP contribution in [-0.2, 0) is 14.9 Å². The third-order valence-electron chi connectivity index (χ3n) is 7.23. The number of nitrogens with zero attached hydrogens (tertiary/aromatic N) is 1. The standard InChI is InChI=1S/C29H33NO5S/c1-28(2,3)19-8-10-21(11-9-19)34-17-20(31)16-30-14-12-29(13-15-30)18-36-27-25(33)24(32)22-6-4-5-7-23(22)26(27)35-29/h4-11,20,31H,12-18H2,1-3H3. The lowest BCUT2D eigenvalue weighted by Crippen LogP contribution is -2.51. The Morgan fingerprint density at radius 1 is 1.03 bits per heavy atom. The lowest BCUT2D eigenvalue weighted by atomic mass is 9.87. The van der Waals surface area contributed by atoms with E-state index >= 15 is 0 Å². The molecule has 2 aliphatic heterocycles. The number of hydrogen-bond donors (Lipinski definition) is 1. The normalized spacial score (nSPS) is 20.6. The molecule has 1 N–H and O–H groups in total. The lowest BCUT2D eigenvalue weighted by Gasteiger charge is -2.45. The van der Waals surface area contributed by atoms with Crippen LogP contribution < -0.4 is 4.74 Å². The zero-order chi connectivity index (χ0) is 25.5. The van der Waals surface area contributed by atoms with Gasteiger partial charge in [0.25, 0.3) is 0 Å². The zero-order valence-corrected chi connectivity index (χ0v) is 21.9. The fraction of sp³-hybridized carbons (Fsp3) is 0.448. The smallest absolute Gasteiger partial charge is 0.243 e. The van der Waals surface area contributed by atoms with Gasteiger partial charge < -0.3 is 19.5 Å². The summed E-state index contributed by atoms with van der Waals surface area (Å²) in [4.78, 5) is 27.8. The Bertz CT molecular complexity index is 1190. The number of ether oxygens (including phenoxy) is 2. The largest absolute Gasteiger partial charge is 0.491 e. The number of aliphatic hydroxyl groups excluding tert-OH is 1. The number of carbonyl (C=O) groups is 2. The maximum Gasteiger partial charge on any atom is 0.243 e. The zero-order valence-electron chi connectivity index (χ0n) is 21.1. The van der Waals surface area contributed by atoms with Crippen molar-refractivity contribution in [1.82, 2.24) is 4.90 Å². The summed E-state index contributed by atoms with van der Waals surface area (Å²) in [6.45, 7) is 8.88. The van der Waals surface area contributed by atoms with Crippen molar-refractivity contribution in [2.45, 2.75) is 50.7 Å². The summed E-state index contributed by atoms with van der Waals surface area (Å²) in [6, 6.07) is 15.3. The maximum atomic E-state index is 12.6. The fourth-order valence-electron chi connectivity index (χ4n) is 5.00. The number of Topliss-reactive ketones (excluding diaryl/α,β-unsaturated/α-hetero) is 2. The summed E-state index contributed by atoms with van der Waals surface area (Å²) in [7, 11) is 0. The molecular weight excluding hydrogens is 474 g/mol. The first kappa shape index (κ1) is 25.1. The Morgan fingerprint density at radius 2 is 1.69 bits per heavy atom. The summed E-state index contributed by atoms with van der Waals surface area (Å²) in [5.74, 6) is 1.06. The molecule has 1 spiro atoms. The van der Waals surface area contributed by atoms with Gasteiger partial charge in [0.05, 0.1) is 0 Å². The molecule has 0 amide bonds. The number of rotatable bonds is 5. The predicted molar refractivity (Wildman–Crippen MR) is 141 cm³/mol. The van der Waals surface area contributed by atoms with Crippen molar-refractivity contribution < 1.29 is 24.2 Å². The molecule has 3 aliphatic rings. The van der Waals surface area contributed by atoms with E-state index in [2.05, 4.69) is 37.8 Å². The molecule has 6 nitrogen and oxygen atoms in total. The van der Waals surface area contributed by atoms with Gasteiger partial charge in [-0.25, -0.2) is 0 Å². The monoisotopic (exact) mass is 507 g/mol. The lowest BCUT2D eigenvalue weighted by molar-refractivity contribution is -0.111. The van der Waals surface area contributed by atoms with Crippen molar-refractivity contribution in [3.8, 4) is 5.75 Å². The number of carbonyl (C=O) groups excluding carboxylic acids is 2. The first-order chi connectivity index (χ1) is 17.2. The van der Waals surface area contributed by atoms with Crippen LogP contribution in [0.5, 0.6) is 5.75 Å². The molecule has 0 radical (unpaired) electrons. The van der Waals surface area contributed by atoms with Crippen LogP contribution in [0.1, 0.15) is 55.1 Å². The van der Waals surface area contributed by atoms with Crippen LogP contribution in [0, 0.1) is 0 Å². The molecule has 0 bridgehead atoms. The average Bonchev–Trinajstić information content (AvgIpc) is 2.87. The third-order valence-corrected chi connectivity index (χ3v) is 8.56. The SMILES string of the molecule is CC(C)(C)c1ccc(OCC(O)CN2CCC3(CC2)CSC2=C(O3)c3ccccc3C(=O)C2=O)cc1. The summed E-state index contributed by atoms with van der Waals surface area (Å²) >= 11 is 1.45. The summed E-state index contributed by atoms with van der Waals surface area (Å²) in [5.41, 5.74) is 2.11. The topological polar surface area (TPSA) is 76.1 Å². The summed E-state index contributed by atoms with van der Waals surface area (Å²) < 4.78 is 12.4. The van der Waals surface area contributed by atoms with E-state index in [-0.39, 0.29) is 17.6 Å². The highest BCUT2D eigenvalue weighted by Gasteiger charge is 2.46. The Labute approximate surface area is 216 Å². The van der Waals surface area contributed by atoms with E-state index in [0.29, 0.717) is 34.1 Å². The van der Waals surface area contributed by atoms with Crippen LogP contribution in [0.2, 0.25) is 0 Å². The Hall–Kier alpha value is -2.61. The van der Waals surface area contributed by atoms with E-state index in [4.69, 9.17) is 9.47 Å². The Balaban J connectivity index is 1.15. The second kappa shape index (κ2) is 9.69. The van der Waals surface area contributed by atoms with Crippen LogP contribution in [0.3, 0.4) is 0 Å². The number of hydrogen-bond acceptors (Lipinski definition) is 7. The first-order valence-electron chi connectivity index (χ1n) is 12.5. The number of β-amino-alcohol motifs (C(OH)–C–C–N with tert-alkyl or cyclic N) is 1. The summed E-state index contributed by atoms with van der Waals surface area (Å²) in [5, 5.41) is 10.6. The highest BCUT2D eigenvalue weighted by atomic mass is 32.2. The number of allylic oxidation sites excluding steroid dienone is 1. The van der Waals surface area contributed by atoms with E-state index in [1.807, 2.05) is 24.3 Å². The van der Waals surface area contributed by atoms with Gasteiger partial charge >= 0.3 is 0 Å². The number of likely N-dealkylation sites (tertiary alicyclic amines) is 1. The average molecular weight is 508 g/mol. The Morgan fingerprint density at radius 3 is 2.36 bits per heavy atom. The minimum atomic E-state index is -0.592. The van der Waals surface area contributed by atoms with Gasteiger partial charge in [-0.15, -0.1) is 11.8 Å². The molecule has 1 aliphatic carbocycles. The molecule has 1 unspecified atom stereocenters. The number of fused-ring (bicyclic) bond motifs is 2. The minimum absolute atomic E-state index is 0.0929. The molecule has 36 heavy (non-hydrogen) atoms. The van der Waals surface area contributed by atoms with Crippen molar-refractivity contribution >= 4 is 29.1 Å². The molecule has 0 saturated carbocycles. The molecular formula is C29H33NO5S. The van der Waals surface area contributed by atoms with Gasteiger partial charge in [-0.3, -0.25) is 9.59 Å². The van der Waals surface area contributed by atoms with Crippen molar-refractivity contribution in [3.63, 3.8) is 0 Å². The molecule has 0 aromatic heterocycles. The quantitative estimate of drug-likeness (QED) is 0.599. The molecule has 2 aromatic rings. The number of thioether (sulfide) groups is 1. The molecule has 1 atom stereocenters. The van der Waals surface area contributed by atoms with Crippen LogP contribution >= 0.6 is 11.8 Å². The third kappa shape index (κ3) is 4.97. The van der Waals surface area contributed by atoms with Gasteiger partial charge in [0, 0.05) is 49.4 Å². The molecule has 7 heteroatoms. The molecule has 190 valence electrons. The van der Waals surface area contributed by atoms with E-state index in [9.17, 15) is 14.7 Å². The van der Waals surface area contributed by atoms with Gasteiger partial charge in [0.1, 0.15) is 34.7 Å². The van der Waals surface area contributed by atoms with Crippen molar-refractivity contribution in [2.75, 3.05) is 32.0 Å². The molecule has 1 fully saturated rings. The van der Waals surface area contributed by atoms with Crippen molar-refractivity contribution in [1.29, 1.82) is 0 Å². The second-order valence-corrected chi connectivity index (χ2v) is 12.0. The molecule has 2 aromatic carbocycles. The van der Waals surface area contributed by atoms with Crippen molar-refractivity contribution in [2.24, 2.45) is 0 Å². The molecule has 1 saturated heterocycles. The van der Waals surface area contributed by atoms with E-state index in [0.717, 1.165) is 31.7 Å². The predicted octanol–water partition coefficient (Wildman–Crippen LogP) is 4.46. The van der Waals surface area contributed by atoms with Gasteiger partial charge in [-0.2, -0.15) is 0 Å². The van der Waals surface area contributed by atoms with Gasteiger partial charge in [0.2, 0.25) is 11.6 Å². The van der Waals surface area contributed by atoms with E-state index in [1.54, 1.807) is 12.1 Å². The molecule has 2 heterocycles. The van der Waals surface area contributed by atoms with Crippen molar-refractivity contribution in [3.05, 3.63) is 70.1 Å². The summed E-state index contributed by atoms with van der Waals surface area (Å²) in [6.07, 6.45) is 0.998. The molecule has 5 rings (SSSR count). The second-order valence-electron chi connectivity index (χ2n) is 11.0. The number of aliphatic hydroxyl groups is 1. The first-order valence-corrected chi connectivity index (χ1v) is 13.5. The van der Waals surface area contributed by atoms with Crippen LogP contribution in [0.15, 0.2) is 53.4 Å². The van der Waals surface area contributed by atoms with Gasteiger partial charge in [-0.05, 0) is 23.1 Å². The van der Waals surface area contributed by atoms with Crippen LogP contribution in [0.4, 0.5) is 0 Å². The van der Waals surface area contributed by atoms with E-state index < -0.39 is 17.7 Å². The Kier molecular flexibility index (Phi) is 6.74. The highest BCUT2D eigenvalue weighted by Crippen LogP contribution is 2.47. The fourth-order valence-corrected chi connectivity index (χ4v) is 6.26.